The minimum absolute atomic E-state index is 0.0208. The van der Waals surface area contributed by atoms with Crippen LogP contribution in [0.15, 0.2) is 0 Å². The Morgan fingerprint density at radius 2 is 1.65 bits per heavy atom. The topological polar surface area (TPSA) is 78.2 Å². The van der Waals surface area contributed by atoms with Gasteiger partial charge in [-0.15, -0.1) is 0 Å². The van der Waals surface area contributed by atoms with E-state index in [1.807, 2.05) is 0 Å². The summed E-state index contributed by atoms with van der Waals surface area (Å²) in [7, 11) is -3.16. The molecule has 0 bridgehead atoms. The standard InChI is InChI=1S/C12H19NO3S/c13-9-11(5-3-1-2-4-6-11)12(14)7-8-17(15,16)10-12/h14H,1-8,10H2. The van der Waals surface area contributed by atoms with Crippen LogP contribution >= 0.6 is 0 Å². The van der Waals surface area contributed by atoms with E-state index in [9.17, 15) is 18.8 Å². The molecule has 4 nitrogen and oxygen atoms in total. The first-order valence-corrected chi connectivity index (χ1v) is 8.09. The minimum atomic E-state index is -3.16. The van der Waals surface area contributed by atoms with Crippen molar-refractivity contribution in [2.45, 2.75) is 50.5 Å². The zero-order chi connectivity index (χ0) is 12.6. The Morgan fingerprint density at radius 1 is 1.06 bits per heavy atom. The Hall–Kier alpha value is -0.600. The van der Waals surface area contributed by atoms with Crippen molar-refractivity contribution in [1.82, 2.24) is 0 Å². The SMILES string of the molecule is N#CC1(C2(O)CCS(=O)(=O)C2)CCCCCC1. The average molecular weight is 257 g/mol. The maximum Gasteiger partial charge on any atom is 0.153 e. The predicted molar refractivity (Wildman–Crippen MR) is 64.0 cm³/mol. The second-order valence-corrected chi connectivity index (χ2v) is 7.67. The van der Waals surface area contributed by atoms with Gasteiger partial charge in [0, 0.05) is 0 Å². The van der Waals surface area contributed by atoms with Crippen LogP contribution in [0.5, 0.6) is 0 Å². The van der Waals surface area contributed by atoms with Gasteiger partial charge in [-0.1, -0.05) is 25.7 Å². The number of hydrogen-bond donors (Lipinski definition) is 1. The second kappa shape index (κ2) is 4.25. The lowest BCUT2D eigenvalue weighted by Crippen LogP contribution is -2.48. The quantitative estimate of drug-likeness (QED) is 0.720. The molecule has 0 amide bonds. The van der Waals surface area contributed by atoms with E-state index in [1.54, 1.807) is 0 Å². The molecule has 1 N–H and O–H groups in total. The van der Waals surface area contributed by atoms with Crippen LogP contribution in [0.3, 0.4) is 0 Å². The first-order valence-electron chi connectivity index (χ1n) is 6.27. The fourth-order valence-corrected chi connectivity index (χ4v) is 5.16. The van der Waals surface area contributed by atoms with Crippen LogP contribution < -0.4 is 0 Å². The number of aliphatic hydroxyl groups is 1. The highest BCUT2D eigenvalue weighted by molar-refractivity contribution is 7.91. The zero-order valence-electron chi connectivity index (χ0n) is 9.98. The fraction of sp³-hybridized carbons (Fsp3) is 0.917. The van der Waals surface area contributed by atoms with Crippen molar-refractivity contribution < 1.29 is 13.5 Å². The van der Waals surface area contributed by atoms with Gasteiger partial charge >= 0.3 is 0 Å². The molecule has 2 rings (SSSR count). The minimum Gasteiger partial charge on any atom is -0.387 e. The summed E-state index contributed by atoms with van der Waals surface area (Å²) in [5, 5.41) is 20.1. The molecule has 2 aliphatic rings. The molecule has 1 unspecified atom stereocenters. The van der Waals surface area contributed by atoms with Crippen LogP contribution in [0.25, 0.3) is 0 Å². The highest BCUT2D eigenvalue weighted by atomic mass is 32.2. The molecule has 1 aliphatic heterocycles. The third-order valence-corrected chi connectivity index (χ3v) is 6.09. The summed E-state index contributed by atoms with van der Waals surface area (Å²) in [4.78, 5) is 0. The number of sulfone groups is 1. The number of nitriles is 1. The van der Waals surface area contributed by atoms with Gasteiger partial charge in [0.2, 0.25) is 0 Å². The zero-order valence-corrected chi connectivity index (χ0v) is 10.8. The molecule has 96 valence electrons. The van der Waals surface area contributed by atoms with Crippen LogP contribution in [-0.2, 0) is 9.84 Å². The molecule has 0 aromatic rings. The highest BCUT2D eigenvalue weighted by Gasteiger charge is 2.56. The third kappa shape index (κ3) is 2.21. The van der Waals surface area contributed by atoms with E-state index in [2.05, 4.69) is 6.07 Å². The van der Waals surface area contributed by atoms with Crippen molar-refractivity contribution in [3.8, 4) is 6.07 Å². The number of nitrogens with zero attached hydrogens (tertiary/aromatic N) is 1. The normalized spacial score (nSPS) is 36.0. The molecule has 5 heteroatoms. The van der Waals surface area contributed by atoms with Crippen LogP contribution in [0, 0.1) is 16.7 Å². The molecule has 1 atom stereocenters. The lowest BCUT2D eigenvalue weighted by molar-refractivity contribution is -0.0406. The number of rotatable bonds is 1. The van der Waals surface area contributed by atoms with Gasteiger partial charge in [0.05, 0.1) is 28.6 Å². The van der Waals surface area contributed by atoms with Crippen molar-refractivity contribution >= 4 is 9.84 Å². The third-order valence-electron chi connectivity index (χ3n) is 4.35. The van der Waals surface area contributed by atoms with E-state index in [-0.39, 0.29) is 17.9 Å². The van der Waals surface area contributed by atoms with E-state index in [4.69, 9.17) is 0 Å². The highest BCUT2D eigenvalue weighted by Crippen LogP contribution is 2.48. The summed E-state index contributed by atoms with van der Waals surface area (Å²) in [5.74, 6) is -0.208. The summed E-state index contributed by atoms with van der Waals surface area (Å²) in [6.45, 7) is 0. The molecule has 0 aromatic carbocycles. The van der Waals surface area contributed by atoms with Crippen molar-refractivity contribution in [2.24, 2.45) is 5.41 Å². The molecule has 1 saturated carbocycles. The van der Waals surface area contributed by atoms with Crippen LogP contribution in [0.4, 0.5) is 0 Å². The van der Waals surface area contributed by atoms with E-state index in [0.717, 1.165) is 25.7 Å². The van der Waals surface area contributed by atoms with Gasteiger partial charge < -0.3 is 5.11 Å². The first-order chi connectivity index (χ1) is 7.93. The van der Waals surface area contributed by atoms with Gasteiger partial charge in [0.15, 0.2) is 9.84 Å². The molecular weight excluding hydrogens is 238 g/mol. The Morgan fingerprint density at radius 3 is 2.06 bits per heavy atom. The summed E-state index contributed by atoms with van der Waals surface area (Å²) in [6, 6.07) is 2.26. The van der Waals surface area contributed by atoms with Crippen LogP contribution in [0.1, 0.15) is 44.9 Å². The van der Waals surface area contributed by atoms with Crippen molar-refractivity contribution in [3.05, 3.63) is 0 Å². The van der Waals surface area contributed by atoms with Crippen molar-refractivity contribution in [3.63, 3.8) is 0 Å². The lowest BCUT2D eigenvalue weighted by atomic mass is 9.67. The average Bonchev–Trinajstić information content (AvgIpc) is 2.49. The summed E-state index contributed by atoms with van der Waals surface area (Å²) in [6.07, 6.45) is 5.47. The van der Waals surface area contributed by atoms with Crippen molar-refractivity contribution in [1.29, 1.82) is 5.26 Å². The molecule has 0 radical (unpaired) electrons. The molecular formula is C12H19NO3S. The summed E-state index contributed by atoms with van der Waals surface area (Å²) >= 11 is 0. The first kappa shape index (κ1) is 12.8. The lowest BCUT2D eigenvalue weighted by Gasteiger charge is -2.38. The van der Waals surface area contributed by atoms with E-state index < -0.39 is 20.9 Å². The molecule has 1 aliphatic carbocycles. The Labute approximate surface area is 103 Å². The molecule has 1 saturated heterocycles. The molecule has 17 heavy (non-hydrogen) atoms. The maximum absolute atomic E-state index is 11.6. The van der Waals surface area contributed by atoms with E-state index in [0.29, 0.717) is 12.8 Å². The van der Waals surface area contributed by atoms with Crippen LogP contribution in [-0.4, -0.2) is 30.6 Å². The van der Waals surface area contributed by atoms with E-state index in [1.165, 1.54) is 0 Å². The summed E-state index contributed by atoms with van der Waals surface area (Å²) < 4.78 is 23.1. The largest absolute Gasteiger partial charge is 0.387 e. The Bertz CT molecular complexity index is 429. The Balaban J connectivity index is 2.32. The van der Waals surface area contributed by atoms with Gasteiger partial charge in [-0.2, -0.15) is 5.26 Å². The molecule has 0 spiro atoms. The van der Waals surface area contributed by atoms with Gasteiger partial charge in [0.25, 0.3) is 0 Å². The molecule has 2 fully saturated rings. The van der Waals surface area contributed by atoms with E-state index >= 15 is 0 Å². The Kier molecular flexibility index (Phi) is 3.21. The number of hydrogen-bond acceptors (Lipinski definition) is 4. The van der Waals surface area contributed by atoms with Crippen LogP contribution in [0.2, 0.25) is 0 Å². The summed E-state index contributed by atoms with van der Waals surface area (Å²) in [5.41, 5.74) is -2.15. The van der Waals surface area contributed by atoms with Gasteiger partial charge in [-0.25, -0.2) is 8.42 Å². The molecule has 1 heterocycles. The van der Waals surface area contributed by atoms with Crippen molar-refractivity contribution in [2.75, 3.05) is 11.5 Å². The monoisotopic (exact) mass is 257 g/mol. The fourth-order valence-electron chi connectivity index (χ4n) is 3.22. The second-order valence-electron chi connectivity index (χ2n) is 5.48. The van der Waals surface area contributed by atoms with Gasteiger partial charge in [0.1, 0.15) is 0 Å². The predicted octanol–water partition coefficient (Wildman–Crippen LogP) is 1.40. The molecule has 0 aromatic heterocycles. The smallest absolute Gasteiger partial charge is 0.153 e. The van der Waals surface area contributed by atoms with Gasteiger partial charge in [-0.3, -0.25) is 0 Å². The maximum atomic E-state index is 11.6. The van der Waals surface area contributed by atoms with Gasteiger partial charge in [-0.05, 0) is 19.3 Å².